The molecule has 1 aliphatic rings. The number of alkyl carbamates (subject to hydrolysis) is 1. The van der Waals surface area contributed by atoms with E-state index in [1.807, 2.05) is 66.7 Å². The van der Waals surface area contributed by atoms with Crippen molar-refractivity contribution in [2.75, 3.05) is 5.32 Å². The first-order chi connectivity index (χ1) is 21.9. The Hall–Kier alpha value is -5.42. The number of hydrogen-bond acceptors (Lipinski definition) is 8. The number of aromatic nitrogens is 1. The van der Waals surface area contributed by atoms with Crippen LogP contribution in [-0.2, 0) is 27.5 Å². The molecule has 1 saturated heterocycles. The number of benzene rings is 3. The zero-order valence-corrected chi connectivity index (χ0v) is 25.1. The highest BCUT2D eigenvalue weighted by Crippen LogP contribution is 2.42. The van der Waals surface area contributed by atoms with E-state index in [1.165, 1.54) is 11.8 Å². The maximum atomic E-state index is 13.7. The molecule has 1 aliphatic heterocycles. The highest BCUT2D eigenvalue weighted by Gasteiger charge is 2.39. The molecule has 10 nitrogen and oxygen atoms in total. The summed E-state index contributed by atoms with van der Waals surface area (Å²) in [6, 6.07) is 28.6. The quantitative estimate of drug-likeness (QED) is 0.191. The van der Waals surface area contributed by atoms with Gasteiger partial charge in [0.15, 0.2) is 5.17 Å². The zero-order valence-electron chi connectivity index (χ0n) is 24.3. The molecular weight excluding hydrogens is 590 g/mol. The van der Waals surface area contributed by atoms with E-state index in [9.17, 15) is 14.4 Å². The Morgan fingerprint density at radius 3 is 2.60 bits per heavy atom. The summed E-state index contributed by atoms with van der Waals surface area (Å²) in [6.45, 7) is 1.91. The first-order valence-corrected chi connectivity index (χ1v) is 15.1. The molecule has 3 aromatic carbocycles. The predicted molar refractivity (Wildman–Crippen MR) is 173 cm³/mol. The number of pyridine rings is 1. The Kier molecular flexibility index (Phi) is 8.88. The van der Waals surface area contributed by atoms with Crippen LogP contribution in [0.1, 0.15) is 29.1 Å². The van der Waals surface area contributed by atoms with Crippen molar-refractivity contribution < 1.29 is 23.5 Å². The molecule has 5 aromatic rings. The van der Waals surface area contributed by atoms with Gasteiger partial charge in [0, 0.05) is 17.3 Å². The Morgan fingerprint density at radius 1 is 1.00 bits per heavy atom. The molecule has 226 valence electrons. The van der Waals surface area contributed by atoms with Gasteiger partial charge in [-0.15, -0.1) is 0 Å². The third kappa shape index (κ3) is 7.05. The third-order valence-corrected chi connectivity index (χ3v) is 8.33. The van der Waals surface area contributed by atoms with Crippen LogP contribution in [0.2, 0.25) is 0 Å². The normalized spacial score (nSPS) is 16.1. The second-order valence-corrected chi connectivity index (χ2v) is 11.4. The Balaban J connectivity index is 1.13. The number of carbonyl (C=O) groups is 3. The second-order valence-electron chi connectivity index (χ2n) is 10.3. The summed E-state index contributed by atoms with van der Waals surface area (Å²) in [5.41, 5.74) is 3.65. The lowest BCUT2D eigenvalue weighted by Gasteiger charge is -2.16. The van der Waals surface area contributed by atoms with Gasteiger partial charge >= 0.3 is 6.09 Å². The summed E-state index contributed by atoms with van der Waals surface area (Å²) in [5.74, 6) is 0.105. The predicted octanol–water partition coefficient (Wildman–Crippen LogP) is 6.59. The van der Waals surface area contributed by atoms with Gasteiger partial charge < -0.3 is 19.8 Å². The van der Waals surface area contributed by atoms with Crippen molar-refractivity contribution in [1.29, 1.82) is 0 Å². The lowest BCUT2D eigenvalue weighted by molar-refractivity contribution is -0.126. The van der Waals surface area contributed by atoms with Crippen molar-refractivity contribution in [2.24, 2.45) is 4.99 Å². The van der Waals surface area contributed by atoms with Crippen LogP contribution in [0.25, 0.3) is 10.9 Å². The lowest BCUT2D eigenvalue weighted by Crippen LogP contribution is -2.41. The van der Waals surface area contributed by atoms with Crippen molar-refractivity contribution in [3.63, 3.8) is 0 Å². The van der Waals surface area contributed by atoms with E-state index in [0.717, 1.165) is 22.0 Å². The fraction of sp³-hybridized carbons (Fsp3) is 0.147. The molecule has 2 atom stereocenters. The van der Waals surface area contributed by atoms with Gasteiger partial charge in [-0.1, -0.05) is 60.3 Å². The number of rotatable bonds is 9. The maximum absolute atomic E-state index is 13.7. The van der Waals surface area contributed by atoms with E-state index in [2.05, 4.69) is 15.6 Å². The van der Waals surface area contributed by atoms with Gasteiger partial charge in [0.2, 0.25) is 11.8 Å². The molecule has 2 N–H and O–H groups in total. The number of fused-ring (bicyclic) bond motifs is 1. The molecule has 6 rings (SSSR count). The highest BCUT2D eigenvalue weighted by atomic mass is 32.2. The van der Waals surface area contributed by atoms with Gasteiger partial charge in [-0.25, -0.2) is 9.79 Å². The number of nitrogens with one attached hydrogen (secondary N) is 2. The number of thioether (sulfide) groups is 1. The number of amidine groups is 1. The molecule has 2 aromatic heterocycles. The molecule has 0 spiro atoms. The van der Waals surface area contributed by atoms with Crippen LogP contribution in [0.3, 0.4) is 0 Å². The van der Waals surface area contributed by atoms with Gasteiger partial charge in [-0.3, -0.25) is 19.5 Å². The molecule has 1 unspecified atom stereocenters. The van der Waals surface area contributed by atoms with Crippen LogP contribution >= 0.6 is 11.8 Å². The van der Waals surface area contributed by atoms with Crippen molar-refractivity contribution >= 4 is 57.1 Å². The molecule has 11 heteroatoms. The largest absolute Gasteiger partial charge is 0.467 e. The summed E-state index contributed by atoms with van der Waals surface area (Å²) in [4.78, 5) is 49.6. The smallest absolute Gasteiger partial charge is 0.408 e. The van der Waals surface area contributed by atoms with Crippen LogP contribution in [0.4, 0.5) is 16.2 Å². The highest BCUT2D eigenvalue weighted by molar-refractivity contribution is 8.15. The van der Waals surface area contributed by atoms with Crippen molar-refractivity contribution in [2.45, 2.75) is 31.4 Å². The standard InChI is InChI=1S/C34H29N5O5S/c1-22(36-34(42)44-21-23-8-3-2-4-9-23)31(40)37-25-16-14-24(15-17-25)30-32(41)39(20-26-10-7-19-43-26)33(45-30)38-29-13-5-12-28-27(29)11-6-18-35-28/h2-19,22,30H,20-21H2,1H3,(H,36,42)(H,37,40)/t22-,30?/m1/s1. The van der Waals surface area contributed by atoms with Crippen LogP contribution in [0, 0.1) is 0 Å². The zero-order chi connectivity index (χ0) is 31.2. The number of aliphatic imine (C=N–C) groups is 1. The monoisotopic (exact) mass is 619 g/mol. The molecule has 0 bridgehead atoms. The fourth-order valence-electron chi connectivity index (χ4n) is 4.74. The molecule has 0 aliphatic carbocycles. The van der Waals surface area contributed by atoms with Gasteiger partial charge in [0.05, 0.1) is 24.0 Å². The molecule has 0 saturated carbocycles. The molecule has 1 fully saturated rings. The van der Waals surface area contributed by atoms with Crippen LogP contribution in [0.15, 0.2) is 119 Å². The first kappa shape index (κ1) is 29.6. The fourth-order valence-corrected chi connectivity index (χ4v) is 5.91. The van der Waals surface area contributed by atoms with Crippen LogP contribution in [-0.4, -0.2) is 39.0 Å². The summed E-state index contributed by atoms with van der Waals surface area (Å²) in [6.07, 6.45) is 2.62. The Morgan fingerprint density at radius 2 is 1.82 bits per heavy atom. The van der Waals surface area contributed by atoms with E-state index in [-0.39, 0.29) is 19.1 Å². The topological polar surface area (TPSA) is 126 Å². The SMILES string of the molecule is C[C@@H](NC(=O)OCc1ccccc1)C(=O)Nc1ccc(C2SC(=Nc3cccc4ncccc34)N(Cc3ccco3)C2=O)cc1. The number of carbonyl (C=O) groups excluding carboxylic acids is 3. The number of amides is 3. The summed E-state index contributed by atoms with van der Waals surface area (Å²) in [7, 11) is 0. The number of furan rings is 1. The van der Waals surface area contributed by atoms with Gasteiger partial charge in [0.25, 0.3) is 0 Å². The number of anilines is 1. The Bertz CT molecular complexity index is 1840. The van der Waals surface area contributed by atoms with Gasteiger partial charge in [-0.05, 0) is 66.6 Å². The molecule has 0 radical (unpaired) electrons. The van der Waals surface area contributed by atoms with E-state index in [1.54, 1.807) is 54.6 Å². The summed E-state index contributed by atoms with van der Waals surface area (Å²) < 4.78 is 10.7. The van der Waals surface area contributed by atoms with Crippen molar-refractivity contribution in [1.82, 2.24) is 15.2 Å². The van der Waals surface area contributed by atoms with Crippen molar-refractivity contribution in [3.8, 4) is 0 Å². The van der Waals surface area contributed by atoms with Crippen LogP contribution < -0.4 is 10.6 Å². The third-order valence-electron chi connectivity index (χ3n) is 7.10. The lowest BCUT2D eigenvalue weighted by atomic mass is 10.1. The maximum Gasteiger partial charge on any atom is 0.408 e. The van der Waals surface area contributed by atoms with E-state index >= 15 is 0 Å². The average Bonchev–Trinajstić information content (AvgIpc) is 3.69. The molecule has 3 heterocycles. The molecule has 45 heavy (non-hydrogen) atoms. The van der Waals surface area contributed by atoms with E-state index in [4.69, 9.17) is 14.1 Å². The number of hydrogen-bond donors (Lipinski definition) is 2. The molecule has 3 amide bonds. The summed E-state index contributed by atoms with van der Waals surface area (Å²) >= 11 is 1.36. The minimum atomic E-state index is -0.835. The van der Waals surface area contributed by atoms with Gasteiger partial charge in [0.1, 0.15) is 23.7 Å². The average molecular weight is 620 g/mol. The number of ether oxygens (including phenoxy) is 1. The summed E-state index contributed by atoms with van der Waals surface area (Å²) in [5, 5.41) is 6.22. The minimum Gasteiger partial charge on any atom is -0.467 e. The molecular formula is C34H29N5O5S. The van der Waals surface area contributed by atoms with Gasteiger partial charge in [-0.2, -0.15) is 0 Å². The van der Waals surface area contributed by atoms with E-state index < -0.39 is 23.3 Å². The Labute approximate surface area is 263 Å². The van der Waals surface area contributed by atoms with E-state index in [0.29, 0.717) is 22.3 Å². The number of nitrogens with zero attached hydrogens (tertiary/aromatic N) is 3. The first-order valence-electron chi connectivity index (χ1n) is 14.3. The second kappa shape index (κ2) is 13.5. The van der Waals surface area contributed by atoms with Crippen molar-refractivity contribution in [3.05, 3.63) is 126 Å². The minimum absolute atomic E-state index is 0.102. The van der Waals surface area contributed by atoms with Crippen LogP contribution in [0.5, 0.6) is 0 Å².